The van der Waals surface area contributed by atoms with Crippen molar-refractivity contribution in [3.05, 3.63) is 51.9 Å². The molecule has 0 radical (unpaired) electrons. The molecule has 0 spiro atoms. The van der Waals surface area contributed by atoms with Crippen LogP contribution in [0.4, 0.5) is 5.69 Å². The Morgan fingerprint density at radius 2 is 2.05 bits per heavy atom. The van der Waals surface area contributed by atoms with Gasteiger partial charge in [0.2, 0.25) is 0 Å². The standard InChI is InChI=1S/C17H23BrN2O/c1-5-19-13(3)16-9-7-14(18)10-17(16)20(4)11-15-8-6-12(2)21-15/h6-10,13,19H,5,11H2,1-4H3. The fourth-order valence-electron chi connectivity index (χ4n) is 2.52. The second-order valence-corrected chi connectivity index (χ2v) is 6.27. The van der Waals surface area contributed by atoms with E-state index < -0.39 is 0 Å². The van der Waals surface area contributed by atoms with Crippen LogP contribution in [0.1, 0.15) is 37.0 Å². The Hall–Kier alpha value is -1.26. The molecule has 1 aromatic heterocycles. The first kappa shape index (κ1) is 16.1. The number of hydrogen-bond donors (Lipinski definition) is 1. The normalized spacial score (nSPS) is 12.4. The highest BCUT2D eigenvalue weighted by atomic mass is 79.9. The van der Waals surface area contributed by atoms with E-state index in [2.05, 4.69) is 65.2 Å². The molecular formula is C17H23BrN2O. The highest BCUT2D eigenvalue weighted by Crippen LogP contribution is 2.30. The fourth-order valence-corrected chi connectivity index (χ4v) is 2.87. The van der Waals surface area contributed by atoms with E-state index in [0.717, 1.165) is 29.1 Å². The van der Waals surface area contributed by atoms with Crippen molar-refractivity contribution in [2.75, 3.05) is 18.5 Å². The number of anilines is 1. The Bertz CT molecular complexity index is 594. The van der Waals surface area contributed by atoms with E-state index >= 15 is 0 Å². The molecule has 0 aliphatic carbocycles. The zero-order chi connectivity index (χ0) is 15.4. The number of hydrogen-bond acceptors (Lipinski definition) is 3. The zero-order valence-corrected chi connectivity index (χ0v) is 14.7. The van der Waals surface area contributed by atoms with E-state index in [9.17, 15) is 0 Å². The quantitative estimate of drug-likeness (QED) is 0.821. The van der Waals surface area contributed by atoms with Gasteiger partial charge in [0, 0.05) is 23.2 Å². The SMILES string of the molecule is CCNC(C)c1ccc(Br)cc1N(C)Cc1ccc(C)o1. The highest BCUT2D eigenvalue weighted by Gasteiger charge is 2.14. The van der Waals surface area contributed by atoms with Crippen molar-refractivity contribution in [1.82, 2.24) is 5.32 Å². The van der Waals surface area contributed by atoms with Crippen LogP contribution in [0, 0.1) is 6.92 Å². The molecule has 1 atom stereocenters. The lowest BCUT2D eigenvalue weighted by atomic mass is 10.1. The first-order valence-corrected chi connectivity index (χ1v) is 8.09. The number of nitrogens with zero attached hydrogens (tertiary/aromatic N) is 1. The molecule has 3 nitrogen and oxygen atoms in total. The third-order valence-corrected chi connectivity index (χ3v) is 4.06. The smallest absolute Gasteiger partial charge is 0.123 e. The molecule has 2 rings (SSSR count). The van der Waals surface area contributed by atoms with E-state index in [4.69, 9.17) is 4.42 Å². The zero-order valence-electron chi connectivity index (χ0n) is 13.1. The number of nitrogens with one attached hydrogen (secondary N) is 1. The van der Waals surface area contributed by atoms with E-state index in [1.54, 1.807) is 0 Å². The van der Waals surface area contributed by atoms with Gasteiger partial charge >= 0.3 is 0 Å². The van der Waals surface area contributed by atoms with E-state index in [0.29, 0.717) is 6.04 Å². The van der Waals surface area contributed by atoms with E-state index in [-0.39, 0.29) is 0 Å². The maximum atomic E-state index is 5.68. The molecular weight excluding hydrogens is 328 g/mol. The van der Waals surface area contributed by atoms with E-state index in [1.165, 1.54) is 11.3 Å². The number of halogens is 1. The first-order chi connectivity index (χ1) is 10.0. The van der Waals surface area contributed by atoms with Crippen LogP contribution in [0.2, 0.25) is 0 Å². The molecule has 0 fully saturated rings. The van der Waals surface area contributed by atoms with Gasteiger partial charge in [0.1, 0.15) is 11.5 Å². The molecule has 1 N–H and O–H groups in total. The molecule has 0 saturated heterocycles. The third-order valence-electron chi connectivity index (χ3n) is 3.57. The Morgan fingerprint density at radius 1 is 1.29 bits per heavy atom. The molecule has 4 heteroatoms. The number of furan rings is 1. The minimum Gasteiger partial charge on any atom is -0.464 e. The Balaban J connectivity index is 2.25. The fraction of sp³-hybridized carbons (Fsp3) is 0.412. The van der Waals surface area contributed by atoms with Crippen LogP contribution in [0.25, 0.3) is 0 Å². The van der Waals surface area contributed by atoms with Gasteiger partial charge in [-0.2, -0.15) is 0 Å². The van der Waals surface area contributed by atoms with Gasteiger partial charge in [-0.15, -0.1) is 0 Å². The largest absolute Gasteiger partial charge is 0.464 e. The van der Waals surface area contributed by atoms with Gasteiger partial charge in [-0.3, -0.25) is 0 Å². The molecule has 0 aliphatic rings. The third kappa shape index (κ3) is 4.11. The van der Waals surface area contributed by atoms with Crippen LogP contribution in [-0.2, 0) is 6.54 Å². The molecule has 2 aromatic rings. The van der Waals surface area contributed by atoms with Crippen LogP contribution in [0.3, 0.4) is 0 Å². The van der Waals surface area contributed by atoms with Crippen LogP contribution in [0.5, 0.6) is 0 Å². The van der Waals surface area contributed by atoms with E-state index in [1.807, 2.05) is 19.1 Å². The molecule has 0 bridgehead atoms. The second-order valence-electron chi connectivity index (χ2n) is 5.35. The van der Waals surface area contributed by atoms with Crippen molar-refractivity contribution in [1.29, 1.82) is 0 Å². The maximum Gasteiger partial charge on any atom is 0.123 e. The monoisotopic (exact) mass is 350 g/mol. The van der Waals surface area contributed by atoms with Gasteiger partial charge in [-0.05, 0) is 50.2 Å². The Kier molecular flexibility index (Phi) is 5.48. The summed E-state index contributed by atoms with van der Waals surface area (Å²) >= 11 is 3.57. The average molecular weight is 351 g/mol. The van der Waals surface area contributed by atoms with Gasteiger partial charge in [0.05, 0.1) is 6.54 Å². The maximum absolute atomic E-state index is 5.68. The summed E-state index contributed by atoms with van der Waals surface area (Å²) in [7, 11) is 2.10. The first-order valence-electron chi connectivity index (χ1n) is 7.30. The van der Waals surface area contributed by atoms with Gasteiger partial charge in [0.25, 0.3) is 0 Å². The minimum absolute atomic E-state index is 0.318. The summed E-state index contributed by atoms with van der Waals surface area (Å²) in [6.45, 7) is 8.01. The molecule has 0 amide bonds. The van der Waals surface area contributed by atoms with Gasteiger partial charge in [-0.25, -0.2) is 0 Å². The number of rotatable bonds is 6. The van der Waals surface area contributed by atoms with Crippen LogP contribution < -0.4 is 10.2 Å². The van der Waals surface area contributed by atoms with Crippen molar-refractivity contribution in [3.8, 4) is 0 Å². The Morgan fingerprint density at radius 3 is 2.67 bits per heavy atom. The topological polar surface area (TPSA) is 28.4 Å². The van der Waals surface area contributed by atoms with Crippen molar-refractivity contribution < 1.29 is 4.42 Å². The van der Waals surface area contributed by atoms with Gasteiger partial charge in [-0.1, -0.05) is 28.9 Å². The van der Waals surface area contributed by atoms with Crippen molar-refractivity contribution in [2.45, 2.75) is 33.4 Å². The molecule has 0 saturated carbocycles. The molecule has 0 aliphatic heterocycles. The second kappa shape index (κ2) is 7.14. The molecule has 1 aromatic carbocycles. The van der Waals surface area contributed by atoms with Gasteiger partial charge < -0.3 is 14.6 Å². The summed E-state index contributed by atoms with van der Waals surface area (Å²) in [4.78, 5) is 2.23. The lowest BCUT2D eigenvalue weighted by molar-refractivity contribution is 0.481. The Labute approximate surface area is 135 Å². The summed E-state index contributed by atoms with van der Waals surface area (Å²) in [6, 6.07) is 10.8. The molecule has 21 heavy (non-hydrogen) atoms. The summed E-state index contributed by atoms with van der Waals surface area (Å²) in [5.74, 6) is 1.94. The summed E-state index contributed by atoms with van der Waals surface area (Å²) in [5, 5.41) is 3.48. The van der Waals surface area contributed by atoms with Crippen LogP contribution in [0.15, 0.2) is 39.2 Å². The predicted molar refractivity (Wildman–Crippen MR) is 91.8 cm³/mol. The predicted octanol–water partition coefficient (Wildman–Crippen LogP) is 4.66. The average Bonchev–Trinajstić information content (AvgIpc) is 2.84. The van der Waals surface area contributed by atoms with Crippen molar-refractivity contribution in [2.24, 2.45) is 0 Å². The molecule has 1 heterocycles. The van der Waals surface area contributed by atoms with Crippen LogP contribution >= 0.6 is 15.9 Å². The summed E-state index contributed by atoms with van der Waals surface area (Å²) < 4.78 is 6.77. The summed E-state index contributed by atoms with van der Waals surface area (Å²) in [5.41, 5.74) is 2.51. The lowest BCUT2D eigenvalue weighted by Crippen LogP contribution is -2.23. The van der Waals surface area contributed by atoms with Crippen LogP contribution in [-0.4, -0.2) is 13.6 Å². The van der Waals surface area contributed by atoms with Crippen molar-refractivity contribution in [3.63, 3.8) is 0 Å². The lowest BCUT2D eigenvalue weighted by Gasteiger charge is -2.25. The number of aryl methyl sites for hydroxylation is 1. The molecule has 114 valence electrons. The molecule has 1 unspecified atom stereocenters. The minimum atomic E-state index is 0.318. The van der Waals surface area contributed by atoms with Gasteiger partial charge in [0.15, 0.2) is 0 Å². The number of benzene rings is 1. The summed E-state index contributed by atoms with van der Waals surface area (Å²) in [6.07, 6.45) is 0. The highest BCUT2D eigenvalue weighted by molar-refractivity contribution is 9.10. The van der Waals surface area contributed by atoms with Crippen molar-refractivity contribution >= 4 is 21.6 Å².